The molecular formula is C16H32O3. The highest BCUT2D eigenvalue weighted by Gasteiger charge is 2.34. The highest BCUT2D eigenvalue weighted by atomic mass is 16.6. The Labute approximate surface area is 118 Å². The lowest BCUT2D eigenvalue weighted by atomic mass is 9.70. The fraction of sp³-hybridized carbons (Fsp3) is 0.938. The van der Waals surface area contributed by atoms with Crippen molar-refractivity contribution in [1.29, 1.82) is 0 Å². The molecule has 0 aromatic carbocycles. The minimum Gasteiger partial charge on any atom is -0.460 e. The van der Waals surface area contributed by atoms with E-state index < -0.39 is 11.6 Å². The van der Waals surface area contributed by atoms with Crippen LogP contribution in [0.4, 0.5) is 0 Å². The van der Waals surface area contributed by atoms with E-state index in [0.717, 1.165) is 0 Å². The van der Waals surface area contributed by atoms with E-state index >= 15 is 0 Å². The Balaban J connectivity index is 4.66. The zero-order valence-electron chi connectivity index (χ0n) is 14.1. The first-order chi connectivity index (χ1) is 8.28. The van der Waals surface area contributed by atoms with Gasteiger partial charge in [-0.2, -0.15) is 0 Å². The van der Waals surface area contributed by atoms with E-state index in [1.54, 1.807) is 0 Å². The van der Waals surface area contributed by atoms with Gasteiger partial charge in [0.05, 0.1) is 0 Å². The molecule has 4 atom stereocenters. The minimum atomic E-state index is -1.42. The van der Waals surface area contributed by atoms with Crippen molar-refractivity contribution < 1.29 is 14.6 Å². The van der Waals surface area contributed by atoms with Crippen molar-refractivity contribution in [3.05, 3.63) is 0 Å². The number of aliphatic hydroxyl groups is 1. The first-order valence-corrected chi connectivity index (χ1v) is 7.22. The minimum absolute atomic E-state index is 0.196. The molecule has 0 rings (SSSR count). The van der Waals surface area contributed by atoms with E-state index in [9.17, 15) is 9.90 Å². The van der Waals surface area contributed by atoms with Crippen LogP contribution in [-0.2, 0) is 9.53 Å². The molecule has 0 aliphatic carbocycles. The maximum absolute atomic E-state index is 11.7. The average molecular weight is 272 g/mol. The van der Waals surface area contributed by atoms with Gasteiger partial charge in [-0.15, -0.1) is 0 Å². The topological polar surface area (TPSA) is 46.5 Å². The van der Waals surface area contributed by atoms with Gasteiger partial charge in [-0.25, -0.2) is 4.79 Å². The van der Waals surface area contributed by atoms with Crippen LogP contribution < -0.4 is 0 Å². The molecule has 0 saturated heterocycles. The van der Waals surface area contributed by atoms with Gasteiger partial charge in [-0.3, -0.25) is 0 Å². The number of hydrogen-bond donors (Lipinski definition) is 1. The number of esters is 1. The predicted molar refractivity (Wildman–Crippen MR) is 78.8 cm³/mol. The SMILES string of the molecule is CC(OC(=O)C(C)(C)O)C(C)C(C)C(C)C(C)(C)C. The second kappa shape index (κ2) is 6.25. The van der Waals surface area contributed by atoms with Crippen molar-refractivity contribution in [1.82, 2.24) is 0 Å². The van der Waals surface area contributed by atoms with Crippen molar-refractivity contribution >= 4 is 5.97 Å². The number of carbonyl (C=O) groups is 1. The third-order valence-corrected chi connectivity index (χ3v) is 4.52. The van der Waals surface area contributed by atoms with Crippen molar-refractivity contribution in [2.24, 2.45) is 23.2 Å². The molecule has 1 N–H and O–H groups in total. The predicted octanol–water partition coefficient (Wildman–Crippen LogP) is 3.64. The molecule has 19 heavy (non-hydrogen) atoms. The zero-order chi connectivity index (χ0) is 15.6. The fourth-order valence-electron chi connectivity index (χ4n) is 2.09. The lowest BCUT2D eigenvalue weighted by Crippen LogP contribution is -2.39. The van der Waals surface area contributed by atoms with Gasteiger partial charge in [0.25, 0.3) is 0 Å². The molecule has 0 fully saturated rings. The van der Waals surface area contributed by atoms with Gasteiger partial charge in [-0.05, 0) is 43.9 Å². The van der Waals surface area contributed by atoms with Crippen LogP contribution in [0.25, 0.3) is 0 Å². The summed E-state index contributed by atoms with van der Waals surface area (Å²) in [6.45, 7) is 18.1. The van der Waals surface area contributed by atoms with Crippen molar-refractivity contribution in [2.75, 3.05) is 0 Å². The summed E-state index contributed by atoms with van der Waals surface area (Å²) in [7, 11) is 0. The Kier molecular flexibility index (Phi) is 6.07. The summed E-state index contributed by atoms with van der Waals surface area (Å²) in [5.41, 5.74) is -1.19. The fourth-order valence-corrected chi connectivity index (χ4v) is 2.09. The van der Waals surface area contributed by atoms with E-state index in [4.69, 9.17) is 4.74 Å². The van der Waals surface area contributed by atoms with Crippen molar-refractivity contribution in [3.8, 4) is 0 Å². The molecule has 0 spiro atoms. The zero-order valence-corrected chi connectivity index (χ0v) is 14.1. The van der Waals surface area contributed by atoms with E-state index in [2.05, 4.69) is 41.5 Å². The molecule has 0 aliphatic heterocycles. The summed E-state index contributed by atoms with van der Waals surface area (Å²) in [5.74, 6) is 0.651. The highest BCUT2D eigenvalue weighted by Crippen LogP contribution is 2.36. The molecule has 0 heterocycles. The van der Waals surface area contributed by atoms with Crippen LogP contribution >= 0.6 is 0 Å². The van der Waals surface area contributed by atoms with Gasteiger partial charge in [0.15, 0.2) is 5.60 Å². The van der Waals surface area contributed by atoms with Crippen LogP contribution in [0.3, 0.4) is 0 Å². The van der Waals surface area contributed by atoms with E-state index in [1.807, 2.05) is 6.92 Å². The molecule has 0 bridgehead atoms. The molecule has 0 amide bonds. The summed E-state index contributed by atoms with van der Waals surface area (Å²) in [6, 6.07) is 0. The molecule has 4 unspecified atom stereocenters. The van der Waals surface area contributed by atoms with Gasteiger partial charge in [0.2, 0.25) is 0 Å². The molecule has 3 heteroatoms. The molecule has 0 aromatic rings. The first-order valence-electron chi connectivity index (χ1n) is 7.22. The largest absolute Gasteiger partial charge is 0.460 e. The summed E-state index contributed by atoms with van der Waals surface area (Å²) >= 11 is 0. The maximum Gasteiger partial charge on any atom is 0.337 e. The Morgan fingerprint density at radius 3 is 1.68 bits per heavy atom. The maximum atomic E-state index is 11.7. The summed E-state index contributed by atoms with van der Waals surface area (Å²) < 4.78 is 5.37. The smallest absolute Gasteiger partial charge is 0.337 e. The first kappa shape index (κ1) is 18.4. The van der Waals surface area contributed by atoms with Crippen LogP contribution in [0.1, 0.15) is 62.3 Å². The third kappa shape index (κ3) is 5.52. The average Bonchev–Trinajstić information content (AvgIpc) is 2.23. The van der Waals surface area contributed by atoms with E-state index in [0.29, 0.717) is 11.8 Å². The Morgan fingerprint density at radius 1 is 0.947 bits per heavy atom. The second-order valence-corrected chi connectivity index (χ2v) is 7.54. The Hall–Kier alpha value is -0.570. The number of ether oxygens (including phenoxy) is 1. The monoisotopic (exact) mass is 272 g/mol. The van der Waals surface area contributed by atoms with Gasteiger partial charge in [-0.1, -0.05) is 41.5 Å². The van der Waals surface area contributed by atoms with Crippen LogP contribution in [0, 0.1) is 23.2 Å². The molecular weight excluding hydrogens is 240 g/mol. The normalized spacial score (nSPS) is 19.5. The summed E-state index contributed by atoms with van der Waals surface area (Å²) in [5, 5.41) is 9.62. The Bertz CT molecular complexity index is 296. The number of hydrogen-bond acceptors (Lipinski definition) is 3. The quantitative estimate of drug-likeness (QED) is 0.777. The van der Waals surface area contributed by atoms with Gasteiger partial charge >= 0.3 is 5.97 Å². The molecule has 114 valence electrons. The van der Waals surface area contributed by atoms with Crippen LogP contribution in [0.2, 0.25) is 0 Å². The van der Waals surface area contributed by atoms with E-state index in [-0.39, 0.29) is 17.4 Å². The Morgan fingerprint density at radius 2 is 1.37 bits per heavy atom. The van der Waals surface area contributed by atoms with Crippen LogP contribution in [0.5, 0.6) is 0 Å². The third-order valence-electron chi connectivity index (χ3n) is 4.52. The second-order valence-electron chi connectivity index (χ2n) is 7.54. The number of carbonyl (C=O) groups excluding carboxylic acids is 1. The van der Waals surface area contributed by atoms with Crippen molar-refractivity contribution in [2.45, 2.75) is 74.0 Å². The van der Waals surface area contributed by atoms with Gasteiger partial charge in [0.1, 0.15) is 6.10 Å². The summed E-state index contributed by atoms with van der Waals surface area (Å²) in [4.78, 5) is 11.7. The molecule has 3 nitrogen and oxygen atoms in total. The lowest BCUT2D eigenvalue weighted by Gasteiger charge is -2.38. The summed E-state index contributed by atoms with van der Waals surface area (Å²) in [6.07, 6.45) is -0.196. The number of rotatable bonds is 5. The van der Waals surface area contributed by atoms with Crippen molar-refractivity contribution in [3.63, 3.8) is 0 Å². The van der Waals surface area contributed by atoms with Gasteiger partial charge in [0, 0.05) is 0 Å². The molecule has 0 radical (unpaired) electrons. The van der Waals surface area contributed by atoms with Gasteiger partial charge < -0.3 is 9.84 Å². The highest BCUT2D eigenvalue weighted by molar-refractivity contribution is 5.78. The standard InChI is InChI=1S/C16H32O3/c1-10(12(3)15(5,6)7)11(2)13(4)19-14(17)16(8,9)18/h10-13,18H,1-9H3. The molecule has 0 aromatic heterocycles. The van der Waals surface area contributed by atoms with E-state index in [1.165, 1.54) is 13.8 Å². The van der Waals surface area contributed by atoms with Crippen LogP contribution in [-0.4, -0.2) is 22.8 Å². The van der Waals surface area contributed by atoms with Crippen LogP contribution in [0.15, 0.2) is 0 Å². The molecule has 0 aliphatic rings. The molecule has 0 saturated carbocycles. The lowest BCUT2D eigenvalue weighted by molar-refractivity contribution is -0.170.